The van der Waals surface area contributed by atoms with Gasteiger partial charge < -0.3 is 5.32 Å². The number of nitro benzene ring substituents is 1. The van der Waals surface area contributed by atoms with E-state index in [1.54, 1.807) is 6.20 Å². The minimum Gasteiger partial charge on any atom is -0.374 e. The molecule has 0 aliphatic rings. The summed E-state index contributed by atoms with van der Waals surface area (Å²) in [4.78, 5) is 15.2. The summed E-state index contributed by atoms with van der Waals surface area (Å²) < 4.78 is 0.437. The second-order valence-electron chi connectivity index (χ2n) is 3.35. The molecule has 0 bridgehead atoms. The molecule has 0 atom stereocenters. The number of aromatic nitrogens is 1. The molecule has 5 nitrogen and oxygen atoms in total. The maximum Gasteiger partial charge on any atom is 0.292 e. The first kappa shape index (κ1) is 13.1. The highest BCUT2D eigenvalue weighted by Gasteiger charge is 2.13. The molecule has 0 saturated carbocycles. The molecule has 1 heterocycles. The number of nitrogens with zero attached hydrogens (tertiary/aromatic N) is 2. The van der Waals surface area contributed by atoms with Crippen molar-refractivity contribution in [3.05, 3.63) is 48.9 Å². The van der Waals surface area contributed by atoms with Crippen molar-refractivity contribution >= 4 is 45.9 Å². The molecule has 0 amide bonds. The van der Waals surface area contributed by atoms with Crippen LogP contribution >= 0.6 is 34.5 Å². The lowest BCUT2D eigenvalue weighted by atomic mass is 10.2. The molecule has 1 aromatic carbocycles. The van der Waals surface area contributed by atoms with E-state index in [2.05, 4.69) is 10.3 Å². The van der Waals surface area contributed by atoms with Crippen LogP contribution in [-0.4, -0.2) is 9.91 Å². The van der Waals surface area contributed by atoms with Gasteiger partial charge in [0.2, 0.25) is 0 Å². The summed E-state index contributed by atoms with van der Waals surface area (Å²) in [6.45, 7) is 0.408. The normalized spacial score (nSPS) is 10.3. The van der Waals surface area contributed by atoms with Crippen molar-refractivity contribution in [2.75, 3.05) is 5.32 Å². The number of hydrogen-bond donors (Lipinski definition) is 1. The molecule has 18 heavy (non-hydrogen) atoms. The predicted molar refractivity (Wildman–Crippen MR) is 72.6 cm³/mol. The van der Waals surface area contributed by atoms with Crippen molar-refractivity contribution in [2.45, 2.75) is 6.54 Å². The summed E-state index contributed by atoms with van der Waals surface area (Å²) in [6, 6.07) is 4.36. The first-order valence-electron chi connectivity index (χ1n) is 4.84. The van der Waals surface area contributed by atoms with Crippen LogP contribution in [0.15, 0.2) is 24.4 Å². The molecule has 8 heteroatoms. The van der Waals surface area contributed by atoms with Crippen molar-refractivity contribution in [3.63, 3.8) is 0 Å². The van der Waals surface area contributed by atoms with E-state index >= 15 is 0 Å². The molecule has 1 aromatic heterocycles. The largest absolute Gasteiger partial charge is 0.374 e. The average Bonchev–Trinajstić information content (AvgIpc) is 2.72. The van der Waals surface area contributed by atoms with Crippen LogP contribution in [0.4, 0.5) is 11.4 Å². The molecule has 0 unspecified atom stereocenters. The molecule has 0 aliphatic carbocycles. The highest BCUT2D eigenvalue weighted by molar-refractivity contribution is 7.15. The fourth-order valence-corrected chi connectivity index (χ4v) is 2.45. The maximum absolute atomic E-state index is 10.8. The van der Waals surface area contributed by atoms with E-state index in [1.807, 2.05) is 0 Å². The molecule has 1 N–H and O–H groups in total. The summed E-state index contributed by atoms with van der Waals surface area (Å²) in [5.41, 5.74) is 0.354. The molecular formula is C10H7Cl2N3O2S. The summed E-state index contributed by atoms with van der Waals surface area (Å²) in [7, 11) is 0. The number of hydrogen-bond acceptors (Lipinski definition) is 5. The first-order chi connectivity index (χ1) is 8.56. The van der Waals surface area contributed by atoms with Gasteiger partial charge >= 0.3 is 0 Å². The third-order valence-corrected chi connectivity index (χ3v) is 3.48. The van der Waals surface area contributed by atoms with Crippen LogP contribution in [0.3, 0.4) is 0 Å². The second kappa shape index (κ2) is 5.51. The molecule has 0 saturated heterocycles. The monoisotopic (exact) mass is 303 g/mol. The number of nitrogens with one attached hydrogen (secondary N) is 1. The molecule has 2 aromatic rings. The van der Waals surface area contributed by atoms with Gasteiger partial charge in [-0.25, -0.2) is 4.98 Å². The first-order valence-corrected chi connectivity index (χ1v) is 6.41. The maximum atomic E-state index is 10.8. The fourth-order valence-electron chi connectivity index (χ4n) is 1.36. The Bertz CT molecular complexity index is 588. The van der Waals surface area contributed by atoms with Crippen molar-refractivity contribution in [1.82, 2.24) is 4.98 Å². The van der Waals surface area contributed by atoms with Crippen molar-refractivity contribution in [2.24, 2.45) is 0 Å². The zero-order chi connectivity index (χ0) is 13.1. The molecule has 0 fully saturated rings. The third kappa shape index (κ3) is 3.10. The fraction of sp³-hybridized carbons (Fsp3) is 0.100. The Balaban J connectivity index is 2.17. The van der Waals surface area contributed by atoms with E-state index in [0.29, 0.717) is 21.7 Å². The summed E-state index contributed by atoms with van der Waals surface area (Å²) in [5.74, 6) is 0. The Morgan fingerprint density at radius 2 is 2.22 bits per heavy atom. The van der Waals surface area contributed by atoms with Gasteiger partial charge in [0.15, 0.2) is 4.47 Å². The van der Waals surface area contributed by atoms with Gasteiger partial charge in [-0.2, -0.15) is 0 Å². The van der Waals surface area contributed by atoms with Crippen molar-refractivity contribution in [1.29, 1.82) is 0 Å². The zero-order valence-electron chi connectivity index (χ0n) is 8.89. The number of benzene rings is 1. The minimum absolute atomic E-state index is 0.0185. The smallest absolute Gasteiger partial charge is 0.292 e. The molecule has 0 spiro atoms. The number of rotatable bonds is 4. The lowest BCUT2D eigenvalue weighted by Gasteiger charge is -2.05. The Hall–Kier alpha value is -1.37. The Labute approximate surface area is 117 Å². The highest BCUT2D eigenvalue weighted by Crippen LogP contribution is 2.28. The van der Waals surface area contributed by atoms with Gasteiger partial charge in [0.25, 0.3) is 5.69 Å². The van der Waals surface area contributed by atoms with E-state index in [0.717, 1.165) is 4.88 Å². The number of anilines is 1. The summed E-state index contributed by atoms with van der Waals surface area (Å²) in [5, 5.41) is 14.2. The Kier molecular flexibility index (Phi) is 4.00. The van der Waals surface area contributed by atoms with Gasteiger partial charge in [0.05, 0.1) is 11.5 Å². The molecule has 94 valence electrons. The van der Waals surface area contributed by atoms with E-state index in [4.69, 9.17) is 23.2 Å². The van der Waals surface area contributed by atoms with Crippen LogP contribution in [0.25, 0.3) is 0 Å². The van der Waals surface area contributed by atoms with Crippen molar-refractivity contribution in [3.8, 4) is 0 Å². The highest BCUT2D eigenvalue weighted by atomic mass is 35.5. The van der Waals surface area contributed by atoms with E-state index < -0.39 is 4.92 Å². The van der Waals surface area contributed by atoms with Crippen LogP contribution in [0, 0.1) is 10.1 Å². The van der Waals surface area contributed by atoms with Crippen LogP contribution in [0.5, 0.6) is 0 Å². The van der Waals surface area contributed by atoms with Crippen LogP contribution in [0.1, 0.15) is 4.88 Å². The van der Waals surface area contributed by atoms with E-state index in [1.165, 1.54) is 29.5 Å². The molecule has 0 aliphatic heterocycles. The number of halogens is 2. The summed E-state index contributed by atoms with van der Waals surface area (Å²) >= 11 is 12.8. The lowest BCUT2D eigenvalue weighted by molar-refractivity contribution is -0.384. The van der Waals surface area contributed by atoms with Gasteiger partial charge in [0, 0.05) is 22.2 Å². The molecule has 2 rings (SSSR count). The van der Waals surface area contributed by atoms with Crippen LogP contribution in [0.2, 0.25) is 9.49 Å². The van der Waals surface area contributed by atoms with E-state index in [9.17, 15) is 10.1 Å². The van der Waals surface area contributed by atoms with Gasteiger partial charge in [-0.05, 0) is 12.1 Å². The van der Waals surface area contributed by atoms with Gasteiger partial charge in [-0.1, -0.05) is 23.2 Å². The standard InChI is InChI=1S/C10H7Cl2N3O2S/c11-6-1-2-9(15(16)17)8(3-6)13-4-7-5-14-10(12)18-7/h1-3,5,13H,4H2. The van der Waals surface area contributed by atoms with Crippen molar-refractivity contribution < 1.29 is 4.92 Å². The second-order valence-corrected chi connectivity index (χ2v) is 5.49. The van der Waals surface area contributed by atoms with Gasteiger partial charge in [-0.15, -0.1) is 11.3 Å². The predicted octanol–water partition coefficient (Wildman–Crippen LogP) is 3.97. The molecule has 0 radical (unpaired) electrons. The zero-order valence-corrected chi connectivity index (χ0v) is 11.2. The SMILES string of the molecule is O=[N+]([O-])c1ccc(Cl)cc1NCc1cnc(Cl)s1. The quantitative estimate of drug-likeness (QED) is 0.685. The Morgan fingerprint density at radius 3 is 2.83 bits per heavy atom. The van der Waals surface area contributed by atoms with E-state index in [-0.39, 0.29) is 5.69 Å². The average molecular weight is 304 g/mol. The van der Waals surface area contributed by atoms with Gasteiger partial charge in [-0.3, -0.25) is 10.1 Å². The topological polar surface area (TPSA) is 68.1 Å². The van der Waals surface area contributed by atoms with Crippen LogP contribution < -0.4 is 5.32 Å². The summed E-state index contributed by atoms with van der Waals surface area (Å²) in [6.07, 6.45) is 1.62. The lowest BCUT2D eigenvalue weighted by Crippen LogP contribution is -2.01. The van der Waals surface area contributed by atoms with Crippen LogP contribution in [-0.2, 0) is 6.54 Å². The Morgan fingerprint density at radius 1 is 1.44 bits per heavy atom. The number of nitro groups is 1. The molecular weight excluding hydrogens is 297 g/mol. The van der Waals surface area contributed by atoms with Gasteiger partial charge in [0.1, 0.15) is 5.69 Å². The minimum atomic E-state index is -0.460. The number of thiazole rings is 1. The third-order valence-electron chi connectivity index (χ3n) is 2.13.